The third kappa shape index (κ3) is 2.68. The fourth-order valence-electron chi connectivity index (χ4n) is 4.74. The second-order valence-electron chi connectivity index (χ2n) is 7.42. The van der Waals surface area contributed by atoms with Crippen LogP contribution in [0.25, 0.3) is 0 Å². The van der Waals surface area contributed by atoms with E-state index in [1.807, 2.05) is 0 Å². The number of hydrogen-bond donors (Lipinski definition) is 0. The molecule has 5 nitrogen and oxygen atoms in total. The highest BCUT2D eigenvalue weighted by Gasteiger charge is 2.54. The second-order valence-corrected chi connectivity index (χ2v) is 7.42. The predicted octanol–water partition coefficient (Wildman–Crippen LogP) is 1.27. The summed E-state index contributed by atoms with van der Waals surface area (Å²) < 4.78 is 11.6. The minimum absolute atomic E-state index is 0.0983. The maximum absolute atomic E-state index is 11.8. The molecule has 0 aliphatic carbocycles. The van der Waals surface area contributed by atoms with E-state index in [-0.39, 0.29) is 5.60 Å². The van der Waals surface area contributed by atoms with Crippen molar-refractivity contribution in [1.82, 2.24) is 9.80 Å². The molecule has 0 aromatic rings. The van der Waals surface area contributed by atoms with Gasteiger partial charge in [0.2, 0.25) is 5.91 Å². The van der Waals surface area contributed by atoms with Gasteiger partial charge < -0.3 is 14.4 Å². The van der Waals surface area contributed by atoms with Gasteiger partial charge in [-0.3, -0.25) is 9.69 Å². The third-order valence-electron chi connectivity index (χ3n) is 6.17. The summed E-state index contributed by atoms with van der Waals surface area (Å²) in [6, 6.07) is 0.699. The Balaban J connectivity index is 1.29. The number of rotatable bonds is 4. The highest BCUT2D eigenvalue weighted by Crippen LogP contribution is 2.43. The van der Waals surface area contributed by atoms with Gasteiger partial charge in [-0.25, -0.2) is 0 Å². The Morgan fingerprint density at radius 2 is 1.95 bits per heavy atom. The van der Waals surface area contributed by atoms with Crippen molar-refractivity contribution in [1.29, 1.82) is 0 Å². The number of hydrogen-bond acceptors (Lipinski definition) is 4. The molecule has 1 atom stereocenters. The topological polar surface area (TPSA) is 42.0 Å². The average Bonchev–Trinajstić information content (AvgIpc) is 3.10. The largest absolute Gasteiger partial charge is 0.381 e. The fourth-order valence-corrected chi connectivity index (χ4v) is 4.74. The predicted molar refractivity (Wildman–Crippen MR) is 82.6 cm³/mol. The molecule has 4 aliphatic rings. The van der Waals surface area contributed by atoms with Crippen LogP contribution in [0.15, 0.2) is 0 Å². The molecule has 4 rings (SSSR count). The van der Waals surface area contributed by atoms with Gasteiger partial charge in [0, 0.05) is 58.5 Å². The third-order valence-corrected chi connectivity index (χ3v) is 6.17. The van der Waals surface area contributed by atoms with Crippen LogP contribution >= 0.6 is 0 Å². The lowest BCUT2D eigenvalue weighted by Gasteiger charge is -2.54. The Morgan fingerprint density at radius 1 is 1.14 bits per heavy atom. The van der Waals surface area contributed by atoms with Crippen molar-refractivity contribution in [3.05, 3.63) is 0 Å². The first-order chi connectivity index (χ1) is 10.8. The van der Waals surface area contributed by atoms with E-state index in [0.717, 1.165) is 65.3 Å². The molecule has 4 saturated heterocycles. The van der Waals surface area contributed by atoms with E-state index in [1.54, 1.807) is 0 Å². The standard InChI is InChI=1S/C17H28N2O3/c20-16-2-1-7-18(16)8-3-14-4-11-22-17(14)12-19(13-17)15-5-9-21-10-6-15/h14-15H,1-13H2. The molecule has 0 aromatic carbocycles. The van der Waals surface area contributed by atoms with Crippen LogP contribution in [-0.4, -0.2) is 73.3 Å². The summed E-state index contributed by atoms with van der Waals surface area (Å²) in [4.78, 5) is 16.4. The maximum Gasteiger partial charge on any atom is 0.222 e. The molecule has 124 valence electrons. The first-order valence-corrected chi connectivity index (χ1v) is 9.00. The Morgan fingerprint density at radius 3 is 2.68 bits per heavy atom. The molecule has 1 spiro atoms. The van der Waals surface area contributed by atoms with Crippen LogP contribution in [0.4, 0.5) is 0 Å². The van der Waals surface area contributed by atoms with Crippen LogP contribution in [0.3, 0.4) is 0 Å². The summed E-state index contributed by atoms with van der Waals surface area (Å²) in [6.45, 7) is 6.82. The Labute approximate surface area is 132 Å². The van der Waals surface area contributed by atoms with Gasteiger partial charge in [0.25, 0.3) is 0 Å². The van der Waals surface area contributed by atoms with Crippen molar-refractivity contribution in [3.63, 3.8) is 0 Å². The van der Waals surface area contributed by atoms with Gasteiger partial charge in [0.1, 0.15) is 0 Å². The first kappa shape index (κ1) is 14.9. The van der Waals surface area contributed by atoms with E-state index in [0.29, 0.717) is 17.9 Å². The van der Waals surface area contributed by atoms with Crippen molar-refractivity contribution in [2.75, 3.05) is 46.0 Å². The van der Waals surface area contributed by atoms with Crippen molar-refractivity contribution in [2.24, 2.45) is 5.92 Å². The Hall–Kier alpha value is -0.650. The van der Waals surface area contributed by atoms with E-state index >= 15 is 0 Å². The molecule has 1 unspecified atom stereocenters. The summed E-state index contributed by atoms with van der Waals surface area (Å²) >= 11 is 0. The summed E-state index contributed by atoms with van der Waals surface area (Å²) in [7, 11) is 0. The van der Waals surface area contributed by atoms with Crippen molar-refractivity contribution >= 4 is 5.91 Å². The van der Waals surface area contributed by atoms with E-state index in [4.69, 9.17) is 9.47 Å². The molecule has 0 radical (unpaired) electrons. The minimum atomic E-state index is 0.0983. The van der Waals surface area contributed by atoms with Crippen molar-refractivity contribution in [3.8, 4) is 0 Å². The minimum Gasteiger partial charge on any atom is -0.381 e. The quantitative estimate of drug-likeness (QED) is 0.784. The van der Waals surface area contributed by atoms with Crippen LogP contribution in [-0.2, 0) is 14.3 Å². The first-order valence-electron chi connectivity index (χ1n) is 9.00. The number of carbonyl (C=O) groups excluding carboxylic acids is 1. The normalized spacial score (nSPS) is 32.8. The number of amides is 1. The van der Waals surface area contributed by atoms with Crippen LogP contribution in [0.5, 0.6) is 0 Å². The maximum atomic E-state index is 11.8. The molecular weight excluding hydrogens is 280 g/mol. The zero-order chi connectivity index (χ0) is 15.0. The smallest absolute Gasteiger partial charge is 0.222 e. The van der Waals surface area contributed by atoms with Gasteiger partial charge in [-0.15, -0.1) is 0 Å². The van der Waals surface area contributed by atoms with E-state index < -0.39 is 0 Å². The SMILES string of the molecule is O=C1CCCN1CCC1CCOC12CN(C1CCOCC1)C2. The molecule has 5 heteroatoms. The molecule has 22 heavy (non-hydrogen) atoms. The molecule has 1 amide bonds. The van der Waals surface area contributed by atoms with Crippen molar-refractivity contribution in [2.45, 2.75) is 50.2 Å². The number of carbonyl (C=O) groups is 1. The molecule has 4 heterocycles. The van der Waals surface area contributed by atoms with Gasteiger partial charge in [-0.1, -0.05) is 0 Å². The second kappa shape index (κ2) is 6.10. The Bertz CT molecular complexity index is 416. The van der Waals surface area contributed by atoms with E-state index in [1.165, 1.54) is 19.3 Å². The molecule has 0 bridgehead atoms. The highest BCUT2D eigenvalue weighted by molar-refractivity contribution is 5.77. The van der Waals surface area contributed by atoms with Gasteiger partial charge in [-0.2, -0.15) is 0 Å². The number of ether oxygens (including phenoxy) is 2. The van der Waals surface area contributed by atoms with Crippen LogP contribution < -0.4 is 0 Å². The van der Waals surface area contributed by atoms with Crippen LogP contribution in [0.1, 0.15) is 38.5 Å². The summed E-state index contributed by atoms with van der Waals surface area (Å²) in [5, 5.41) is 0. The van der Waals surface area contributed by atoms with Crippen molar-refractivity contribution < 1.29 is 14.3 Å². The monoisotopic (exact) mass is 308 g/mol. The molecular formula is C17H28N2O3. The molecule has 0 N–H and O–H groups in total. The van der Waals surface area contributed by atoms with Crippen LogP contribution in [0, 0.1) is 5.92 Å². The average molecular weight is 308 g/mol. The van der Waals surface area contributed by atoms with E-state index in [9.17, 15) is 4.79 Å². The van der Waals surface area contributed by atoms with E-state index in [2.05, 4.69) is 9.80 Å². The molecule has 4 aliphatic heterocycles. The van der Waals surface area contributed by atoms with Crippen LogP contribution in [0.2, 0.25) is 0 Å². The Kier molecular flexibility index (Phi) is 4.13. The number of likely N-dealkylation sites (tertiary alicyclic amines) is 2. The lowest BCUT2D eigenvalue weighted by atomic mass is 9.77. The lowest BCUT2D eigenvalue weighted by Crippen LogP contribution is -2.67. The molecule has 4 fully saturated rings. The van der Waals surface area contributed by atoms with Gasteiger partial charge >= 0.3 is 0 Å². The number of nitrogens with zero attached hydrogens (tertiary/aromatic N) is 2. The summed E-state index contributed by atoms with van der Waals surface area (Å²) in [5.41, 5.74) is 0.0983. The zero-order valence-corrected chi connectivity index (χ0v) is 13.5. The van der Waals surface area contributed by atoms with Gasteiger partial charge in [0.05, 0.1) is 5.60 Å². The van der Waals surface area contributed by atoms with Gasteiger partial charge in [0.15, 0.2) is 0 Å². The van der Waals surface area contributed by atoms with Gasteiger partial charge in [-0.05, 0) is 38.0 Å². The summed E-state index contributed by atoms with van der Waals surface area (Å²) in [6.07, 6.45) is 6.43. The molecule has 0 aromatic heterocycles. The summed E-state index contributed by atoms with van der Waals surface area (Å²) in [5.74, 6) is 0.988. The molecule has 0 saturated carbocycles. The highest BCUT2D eigenvalue weighted by atomic mass is 16.5. The zero-order valence-electron chi connectivity index (χ0n) is 13.5. The lowest BCUT2D eigenvalue weighted by molar-refractivity contribution is -0.157. The fraction of sp³-hybridized carbons (Fsp3) is 0.941.